The molecule has 2 aromatic rings. The molecule has 1 heterocycles. The first kappa shape index (κ1) is 16.7. The van der Waals surface area contributed by atoms with Gasteiger partial charge in [-0.05, 0) is 29.1 Å². The van der Waals surface area contributed by atoms with Gasteiger partial charge in [-0.3, -0.25) is 14.4 Å². The molecule has 0 saturated carbocycles. The molecule has 2 rings (SSSR count). The third kappa shape index (κ3) is 4.93. The minimum absolute atomic E-state index is 0.0763. The molecule has 120 valence electrons. The molecule has 0 aliphatic carbocycles. The molecular weight excluding hydrogens is 314 g/mol. The molecule has 0 aliphatic rings. The molecule has 0 fully saturated rings. The minimum Gasteiger partial charge on any atom is -0.355 e. The highest BCUT2D eigenvalue weighted by Crippen LogP contribution is 2.07. The van der Waals surface area contributed by atoms with E-state index >= 15 is 0 Å². The van der Waals surface area contributed by atoms with Gasteiger partial charge in [0, 0.05) is 19.2 Å². The number of hydrogen-bond acceptors (Lipinski definition) is 4. The van der Waals surface area contributed by atoms with E-state index in [4.69, 9.17) is 0 Å². The van der Waals surface area contributed by atoms with Crippen LogP contribution in [0.3, 0.4) is 0 Å². The summed E-state index contributed by atoms with van der Waals surface area (Å²) in [5.74, 6) is -0.688. The fourth-order valence-corrected chi connectivity index (χ4v) is 2.48. The number of carbonyl (C=O) groups excluding carboxylic acids is 3. The molecule has 0 bridgehead atoms. The third-order valence-corrected chi connectivity index (χ3v) is 3.96. The van der Waals surface area contributed by atoms with Crippen molar-refractivity contribution >= 4 is 29.1 Å². The SMILES string of the molecule is CNC(=O)c1ccc(CNC(=O)CNC(=O)c2cccs2)cc1. The topological polar surface area (TPSA) is 87.3 Å². The summed E-state index contributed by atoms with van der Waals surface area (Å²) in [5.41, 5.74) is 1.43. The van der Waals surface area contributed by atoms with E-state index in [1.54, 1.807) is 48.8 Å². The van der Waals surface area contributed by atoms with E-state index in [2.05, 4.69) is 16.0 Å². The number of amides is 3. The number of nitrogens with one attached hydrogen (secondary N) is 3. The standard InChI is InChI=1S/C16H17N3O3S/c1-17-15(21)12-6-4-11(5-7-12)9-18-14(20)10-19-16(22)13-3-2-8-23-13/h2-8H,9-10H2,1H3,(H,17,21)(H,18,20)(H,19,22). The zero-order valence-corrected chi connectivity index (χ0v) is 13.4. The molecule has 6 nitrogen and oxygen atoms in total. The van der Waals surface area contributed by atoms with Crippen molar-refractivity contribution < 1.29 is 14.4 Å². The van der Waals surface area contributed by atoms with Gasteiger partial charge in [-0.1, -0.05) is 18.2 Å². The Kier molecular flexibility index (Phi) is 5.87. The Morgan fingerprint density at radius 2 is 1.74 bits per heavy atom. The quantitative estimate of drug-likeness (QED) is 0.742. The van der Waals surface area contributed by atoms with Crippen molar-refractivity contribution in [2.24, 2.45) is 0 Å². The predicted octanol–water partition coefficient (Wildman–Crippen LogP) is 1.15. The molecule has 0 radical (unpaired) electrons. The van der Waals surface area contributed by atoms with Crippen LogP contribution in [0.5, 0.6) is 0 Å². The average Bonchev–Trinajstić information content (AvgIpc) is 3.12. The highest BCUT2D eigenvalue weighted by Gasteiger charge is 2.08. The summed E-state index contributed by atoms with van der Waals surface area (Å²) in [7, 11) is 1.57. The smallest absolute Gasteiger partial charge is 0.261 e. The molecule has 0 unspecified atom stereocenters. The molecule has 0 aliphatic heterocycles. The van der Waals surface area contributed by atoms with E-state index in [9.17, 15) is 14.4 Å². The van der Waals surface area contributed by atoms with Crippen molar-refractivity contribution in [3.63, 3.8) is 0 Å². The van der Waals surface area contributed by atoms with Crippen LogP contribution in [-0.2, 0) is 11.3 Å². The van der Waals surface area contributed by atoms with Gasteiger partial charge in [-0.2, -0.15) is 0 Å². The summed E-state index contributed by atoms with van der Waals surface area (Å²) in [5, 5.41) is 9.62. The lowest BCUT2D eigenvalue weighted by atomic mass is 10.1. The second-order valence-electron chi connectivity index (χ2n) is 4.71. The van der Waals surface area contributed by atoms with Crippen molar-refractivity contribution in [2.45, 2.75) is 6.54 Å². The van der Waals surface area contributed by atoms with Crippen LogP contribution in [0.4, 0.5) is 0 Å². The molecule has 3 N–H and O–H groups in total. The Morgan fingerprint density at radius 3 is 2.35 bits per heavy atom. The van der Waals surface area contributed by atoms with Crippen molar-refractivity contribution in [2.75, 3.05) is 13.6 Å². The van der Waals surface area contributed by atoms with Gasteiger partial charge in [-0.25, -0.2) is 0 Å². The maximum absolute atomic E-state index is 11.7. The van der Waals surface area contributed by atoms with Crippen LogP contribution in [0, 0.1) is 0 Å². The van der Waals surface area contributed by atoms with Gasteiger partial charge >= 0.3 is 0 Å². The van der Waals surface area contributed by atoms with Gasteiger partial charge in [0.1, 0.15) is 0 Å². The van der Waals surface area contributed by atoms with Crippen molar-refractivity contribution in [3.05, 3.63) is 57.8 Å². The monoisotopic (exact) mass is 331 g/mol. The van der Waals surface area contributed by atoms with Crippen LogP contribution in [0.2, 0.25) is 0 Å². The van der Waals surface area contributed by atoms with Crippen LogP contribution in [0.25, 0.3) is 0 Å². The second-order valence-corrected chi connectivity index (χ2v) is 5.66. The molecule has 23 heavy (non-hydrogen) atoms. The Bertz CT molecular complexity index is 681. The molecule has 0 atom stereocenters. The Labute approximate surface area is 137 Å². The van der Waals surface area contributed by atoms with Gasteiger partial charge in [0.15, 0.2) is 0 Å². The largest absolute Gasteiger partial charge is 0.355 e. The van der Waals surface area contributed by atoms with E-state index in [-0.39, 0.29) is 24.3 Å². The van der Waals surface area contributed by atoms with Gasteiger partial charge in [-0.15, -0.1) is 11.3 Å². The number of hydrogen-bond donors (Lipinski definition) is 3. The molecular formula is C16H17N3O3S. The minimum atomic E-state index is -0.273. The first-order valence-corrected chi connectivity index (χ1v) is 7.87. The van der Waals surface area contributed by atoms with E-state index in [0.717, 1.165) is 5.56 Å². The normalized spacial score (nSPS) is 9.96. The summed E-state index contributed by atoms with van der Waals surface area (Å²) in [4.78, 5) is 35.4. The van der Waals surface area contributed by atoms with Crippen LogP contribution in [-0.4, -0.2) is 31.3 Å². The summed E-state index contributed by atoms with van der Waals surface area (Å²) < 4.78 is 0. The van der Waals surface area contributed by atoms with Gasteiger partial charge in [0.05, 0.1) is 11.4 Å². The summed E-state index contributed by atoms with van der Waals surface area (Å²) in [6.07, 6.45) is 0. The first-order chi connectivity index (χ1) is 11.1. The Morgan fingerprint density at radius 1 is 1.00 bits per heavy atom. The van der Waals surface area contributed by atoms with Crippen molar-refractivity contribution in [3.8, 4) is 0 Å². The molecule has 3 amide bonds. The fraction of sp³-hybridized carbons (Fsp3) is 0.188. The average molecular weight is 331 g/mol. The van der Waals surface area contributed by atoms with Crippen molar-refractivity contribution in [1.82, 2.24) is 16.0 Å². The number of thiophene rings is 1. The summed E-state index contributed by atoms with van der Waals surface area (Å²) in [6.45, 7) is 0.259. The Balaban J connectivity index is 1.76. The van der Waals surface area contributed by atoms with Crippen LogP contribution >= 0.6 is 11.3 Å². The predicted molar refractivity (Wildman–Crippen MR) is 88.3 cm³/mol. The lowest BCUT2D eigenvalue weighted by molar-refractivity contribution is -0.120. The summed E-state index contributed by atoms with van der Waals surface area (Å²) in [6, 6.07) is 10.4. The van der Waals surface area contributed by atoms with Crippen LogP contribution in [0.1, 0.15) is 25.6 Å². The van der Waals surface area contributed by atoms with E-state index in [0.29, 0.717) is 17.0 Å². The number of benzene rings is 1. The molecule has 0 saturated heterocycles. The lowest BCUT2D eigenvalue weighted by Gasteiger charge is -2.07. The molecule has 1 aromatic carbocycles. The van der Waals surface area contributed by atoms with Gasteiger partial charge < -0.3 is 16.0 Å². The summed E-state index contributed by atoms with van der Waals surface area (Å²) >= 11 is 1.32. The fourth-order valence-electron chi connectivity index (χ4n) is 1.84. The third-order valence-electron chi connectivity index (χ3n) is 3.09. The lowest BCUT2D eigenvalue weighted by Crippen LogP contribution is -2.36. The highest BCUT2D eigenvalue weighted by molar-refractivity contribution is 7.12. The van der Waals surface area contributed by atoms with E-state index in [1.807, 2.05) is 0 Å². The van der Waals surface area contributed by atoms with Gasteiger partial charge in [0.2, 0.25) is 5.91 Å². The first-order valence-electron chi connectivity index (χ1n) is 6.99. The maximum Gasteiger partial charge on any atom is 0.261 e. The molecule has 0 spiro atoms. The van der Waals surface area contributed by atoms with Crippen molar-refractivity contribution in [1.29, 1.82) is 0 Å². The zero-order valence-electron chi connectivity index (χ0n) is 12.6. The van der Waals surface area contributed by atoms with Crippen LogP contribution < -0.4 is 16.0 Å². The maximum atomic E-state index is 11.7. The van der Waals surface area contributed by atoms with E-state index in [1.165, 1.54) is 11.3 Å². The zero-order chi connectivity index (χ0) is 16.7. The molecule has 7 heteroatoms. The van der Waals surface area contributed by atoms with Gasteiger partial charge in [0.25, 0.3) is 11.8 Å². The number of carbonyl (C=O) groups is 3. The number of rotatable bonds is 6. The Hall–Kier alpha value is -2.67. The van der Waals surface area contributed by atoms with Crippen LogP contribution in [0.15, 0.2) is 41.8 Å². The highest BCUT2D eigenvalue weighted by atomic mass is 32.1. The van der Waals surface area contributed by atoms with E-state index < -0.39 is 0 Å². The second kappa shape index (κ2) is 8.09. The molecule has 1 aromatic heterocycles.